The van der Waals surface area contributed by atoms with Crippen LogP contribution in [0.15, 0.2) is 183 Å². The summed E-state index contributed by atoms with van der Waals surface area (Å²) in [4.78, 5) is 105. The average molecular weight is 1350 g/mol. The Morgan fingerprint density at radius 3 is 1.35 bits per heavy atom. The SMILES string of the molecule is Nc1ccccc1N.[C-]#[N+]/C(C#N)=C1/N=c2ccc(-c3nc(-c4ccc5c(c4C#N)=N/C(=C(\C#N)[N+]#[C-])N=5)nc(C([N+]#[C-])c4nc5ccccc5[nH]4)n3)c([N+]#[C-])c2=N1.[C-]#[N+]C([N+]#[C-])=C1N=c2ccc(-c3nc(-c4ccc5c(c4C#N)=NC(=C(C#N)C#N)N=5)nc(C([N+]#[C-])C(=O)OCC)n3)c(C#N)c2=N1. The molecule has 480 valence electrons. The molecular formula is C70H28N32O2. The number of nitrogen functional groups attached to an aromatic ring is 2. The molecule has 7 heterocycles. The van der Waals surface area contributed by atoms with Gasteiger partial charge in [0, 0.05) is 22.3 Å². The maximum atomic E-state index is 12.7. The molecule has 4 aliphatic rings. The van der Waals surface area contributed by atoms with Gasteiger partial charge in [-0.15, -0.1) is 0 Å². The molecule has 0 bridgehead atoms. The van der Waals surface area contributed by atoms with Crippen LogP contribution in [0.5, 0.6) is 0 Å². The number of carbonyl (C=O) groups is 1. The lowest BCUT2D eigenvalue weighted by Gasteiger charge is -2.10. The second kappa shape index (κ2) is 29.0. The molecule has 2 atom stereocenters. The third kappa shape index (κ3) is 12.6. The molecule has 0 aliphatic carbocycles. The molecule has 34 heteroatoms. The van der Waals surface area contributed by atoms with E-state index in [1.54, 1.807) is 61.5 Å². The number of imidazole rings is 1. The highest BCUT2D eigenvalue weighted by Gasteiger charge is 2.35. The number of H-pyrrole nitrogens is 1. The Morgan fingerprint density at radius 1 is 0.481 bits per heavy atom. The van der Waals surface area contributed by atoms with E-state index < -0.39 is 23.9 Å². The van der Waals surface area contributed by atoms with Gasteiger partial charge in [0.1, 0.15) is 59.6 Å². The summed E-state index contributed by atoms with van der Waals surface area (Å²) >= 11 is 0. The number of fused-ring (bicyclic) bond motifs is 5. The first kappa shape index (κ1) is 67.5. The van der Waals surface area contributed by atoms with Crippen LogP contribution in [0.1, 0.15) is 53.2 Å². The fourth-order valence-electron chi connectivity index (χ4n) is 10.0. The minimum atomic E-state index is -1.64. The third-order valence-corrected chi connectivity index (χ3v) is 14.7. The highest BCUT2D eigenvalue weighted by molar-refractivity contribution is 5.80. The van der Waals surface area contributed by atoms with Crippen LogP contribution >= 0.6 is 0 Å². The van der Waals surface area contributed by atoms with Gasteiger partial charge in [0.15, 0.2) is 52.2 Å². The number of rotatable bonds is 9. The highest BCUT2D eigenvalue weighted by atomic mass is 16.5. The lowest BCUT2D eigenvalue weighted by Crippen LogP contribution is -2.26. The summed E-state index contributed by atoms with van der Waals surface area (Å²) in [6, 6.07) is 36.6. The number of carbonyl (C=O) groups excluding carboxylic acids is 1. The van der Waals surface area contributed by atoms with E-state index in [0.717, 1.165) is 0 Å². The monoisotopic (exact) mass is 1350 g/mol. The summed E-state index contributed by atoms with van der Waals surface area (Å²) in [5, 5.41) is 69.1. The molecule has 5 N–H and O–H groups in total. The molecule has 104 heavy (non-hydrogen) atoms. The number of hydrogen-bond donors (Lipinski definition) is 3. The lowest BCUT2D eigenvalue weighted by atomic mass is 10.0. The van der Waals surface area contributed by atoms with Gasteiger partial charge in [-0.3, -0.25) is 9.69 Å². The standard InChI is InChI=1S/C34H10N16.C30H10N14O2.C6H8N2/c1-38-23(14-36)31-44-21-11-9-16(18(13-35)25(21)46-31)29-48-30(17-10-12-22-27(26(17)40-3)47-32(45-22)24(15-37)39-2)50-34(49-29)28(41-4)33-42-19-7-5-6-8-20(19)43-33;1-5-46-30(45)23(35-2)27-43-25(15-6-8-19-21(17(15)12-33)40-24(38-19)14(10-31)11-32)42-26(44-27)16-7-9-20-22(18(16)13-34)41-29(39-20)28(36-3)37-4;7-5-3-1-2-4-6(5)8/h5-12,28H,(H,42,43);6-9,23H,5H2,1H3;1-4H,7-8H2/b31-23+,32-24-;;. The molecule has 0 spiro atoms. The van der Waals surface area contributed by atoms with Crippen molar-refractivity contribution in [1.82, 2.24) is 39.9 Å². The fourth-order valence-corrected chi connectivity index (χ4v) is 10.0. The van der Waals surface area contributed by atoms with E-state index in [9.17, 15) is 41.6 Å². The third-order valence-electron chi connectivity index (χ3n) is 14.7. The fraction of sp³-hybridized carbons (Fsp3) is 0.0571. The van der Waals surface area contributed by atoms with Crippen molar-refractivity contribution < 1.29 is 9.53 Å². The Kier molecular flexibility index (Phi) is 18.8. The first-order chi connectivity index (χ1) is 50.6. The van der Waals surface area contributed by atoms with Crippen LogP contribution < -0.4 is 54.3 Å². The number of nitriles is 7. The van der Waals surface area contributed by atoms with Gasteiger partial charge in [0.25, 0.3) is 0 Å². The number of aromatic nitrogens is 8. The average Bonchev–Trinajstić information content (AvgIpc) is 1.34. The quantitative estimate of drug-likeness (QED) is 0.0714. The number of nitrogens with one attached hydrogen (secondary N) is 1. The van der Waals surface area contributed by atoms with Gasteiger partial charge in [0.05, 0.1) is 104 Å². The van der Waals surface area contributed by atoms with Crippen LogP contribution in [0.25, 0.3) is 90.5 Å². The van der Waals surface area contributed by atoms with E-state index in [1.807, 2.05) is 30.3 Å². The number of nitrogens with zero attached hydrogens (tertiary/aromatic N) is 29. The summed E-state index contributed by atoms with van der Waals surface area (Å²) in [5.41, 5.74) is 12.6. The van der Waals surface area contributed by atoms with Crippen molar-refractivity contribution >= 4 is 34.1 Å². The molecule has 34 nitrogen and oxygen atoms in total. The molecule has 6 aromatic carbocycles. The number of aromatic amines is 1. The normalized spacial score (nSPS) is 13.0. The predicted octanol–water partition coefficient (Wildman–Crippen LogP) is 5.30. The van der Waals surface area contributed by atoms with E-state index in [-0.39, 0.29) is 175 Å². The van der Waals surface area contributed by atoms with Gasteiger partial charge in [0.2, 0.25) is 23.2 Å². The lowest BCUT2D eigenvalue weighted by molar-refractivity contribution is -0.143. The van der Waals surface area contributed by atoms with Gasteiger partial charge < -0.3 is 21.2 Å². The predicted molar refractivity (Wildman–Crippen MR) is 354 cm³/mol. The van der Waals surface area contributed by atoms with Crippen molar-refractivity contribution in [3.05, 3.63) is 300 Å². The van der Waals surface area contributed by atoms with E-state index in [4.69, 9.17) is 62.2 Å². The van der Waals surface area contributed by atoms with E-state index in [2.05, 4.69) is 120 Å². The second-order valence-electron chi connectivity index (χ2n) is 20.6. The van der Waals surface area contributed by atoms with Gasteiger partial charge in [-0.05, 0) is 73.7 Å². The Morgan fingerprint density at radius 2 is 0.913 bits per heavy atom. The van der Waals surface area contributed by atoms with Crippen LogP contribution in [-0.4, -0.2) is 52.4 Å². The molecule has 3 aromatic heterocycles. The summed E-state index contributed by atoms with van der Waals surface area (Å²) in [6.45, 7) is 54.3. The van der Waals surface area contributed by atoms with E-state index in [0.29, 0.717) is 22.4 Å². The number of para-hydroxylation sites is 4. The topological polar surface area (TPSA) is 480 Å². The molecular weight excluding hydrogens is 1320 g/mol. The number of nitrogens with two attached hydrogens (primary N) is 2. The summed E-state index contributed by atoms with van der Waals surface area (Å²) in [6.07, 6.45) is 0. The molecule has 0 radical (unpaired) electrons. The minimum absolute atomic E-state index is 0.0131. The van der Waals surface area contributed by atoms with Crippen LogP contribution in [0.4, 0.5) is 17.1 Å². The summed E-state index contributed by atoms with van der Waals surface area (Å²) in [7, 11) is 0. The molecule has 0 saturated carbocycles. The van der Waals surface area contributed by atoms with Crippen LogP contribution in [0.2, 0.25) is 0 Å². The summed E-state index contributed by atoms with van der Waals surface area (Å²) in [5.74, 6) is -2.56. The van der Waals surface area contributed by atoms with Crippen molar-refractivity contribution in [2.75, 3.05) is 18.1 Å². The van der Waals surface area contributed by atoms with Gasteiger partial charge >= 0.3 is 35.3 Å². The maximum Gasteiger partial charge on any atom is 0.564 e. The van der Waals surface area contributed by atoms with Crippen LogP contribution in [0.3, 0.4) is 0 Å². The number of allylic oxidation sites excluding steroid dienone is 3. The Hall–Kier alpha value is -17.9. The smallest absolute Gasteiger partial charge is 0.460 e. The first-order valence-corrected chi connectivity index (χ1v) is 29.2. The molecule has 0 amide bonds. The van der Waals surface area contributed by atoms with Gasteiger partial charge in [-0.1, -0.05) is 30.3 Å². The maximum absolute atomic E-state index is 12.7. The van der Waals surface area contributed by atoms with E-state index >= 15 is 0 Å². The molecule has 9 aromatic rings. The first-order valence-electron chi connectivity index (χ1n) is 29.2. The zero-order valence-electron chi connectivity index (χ0n) is 52.5. The number of anilines is 2. The Balaban J connectivity index is 0.000000188. The number of esters is 1. The highest BCUT2D eigenvalue weighted by Crippen LogP contribution is 2.33. The largest absolute Gasteiger partial charge is 0.564 e. The van der Waals surface area contributed by atoms with Crippen molar-refractivity contribution in [1.29, 1.82) is 36.8 Å². The van der Waals surface area contributed by atoms with Gasteiger partial charge in [-0.2, -0.15) is 36.0 Å². The van der Waals surface area contributed by atoms with Gasteiger partial charge in [-0.25, -0.2) is 118 Å². The Bertz CT molecular complexity index is 6350. The van der Waals surface area contributed by atoms with Crippen molar-refractivity contribution in [3.63, 3.8) is 0 Å². The van der Waals surface area contributed by atoms with Crippen molar-refractivity contribution in [2.24, 2.45) is 39.9 Å². The van der Waals surface area contributed by atoms with Crippen LogP contribution in [0, 0.1) is 125 Å². The Labute approximate surface area is 582 Å². The van der Waals surface area contributed by atoms with Crippen LogP contribution in [-0.2, 0) is 9.53 Å². The van der Waals surface area contributed by atoms with E-state index in [1.165, 1.54) is 48.5 Å². The summed E-state index contributed by atoms with van der Waals surface area (Å²) < 4.78 is 5.04. The zero-order chi connectivity index (χ0) is 73.9. The van der Waals surface area contributed by atoms with Crippen molar-refractivity contribution in [2.45, 2.75) is 19.0 Å². The minimum Gasteiger partial charge on any atom is -0.460 e. The number of benzene rings is 6. The second-order valence-corrected chi connectivity index (χ2v) is 20.6. The molecule has 4 aliphatic heterocycles. The zero-order valence-corrected chi connectivity index (χ0v) is 52.5. The molecule has 13 rings (SSSR count). The number of hydrogen-bond acceptors (Lipinski definition) is 26. The number of ether oxygens (including phenoxy) is 1. The molecule has 0 fully saturated rings. The van der Waals surface area contributed by atoms with Crippen molar-refractivity contribution in [3.8, 4) is 88.0 Å². The molecule has 2 unspecified atom stereocenters. The molecule has 0 saturated heterocycles.